The summed E-state index contributed by atoms with van der Waals surface area (Å²) < 4.78 is 5.13. The third-order valence-corrected chi connectivity index (χ3v) is 3.04. The van der Waals surface area contributed by atoms with Gasteiger partial charge in [0, 0.05) is 5.92 Å². The molecule has 1 amide bonds. The number of carbonyl (C=O) groups is 1. The first-order chi connectivity index (χ1) is 8.75. The maximum absolute atomic E-state index is 11.9. The number of nitrogens with two attached hydrogens (primary N) is 1. The fraction of sp³-hybridized carbons (Fsp3) is 0.333. The second kappa shape index (κ2) is 4.21. The fourth-order valence-electron chi connectivity index (χ4n) is 1.88. The van der Waals surface area contributed by atoms with Gasteiger partial charge in [-0.25, -0.2) is 0 Å². The number of amides is 1. The summed E-state index contributed by atoms with van der Waals surface area (Å²) in [6.07, 6.45) is 3.79. The van der Waals surface area contributed by atoms with E-state index in [1.54, 1.807) is 18.4 Å². The molecule has 0 aliphatic heterocycles. The Labute approximate surface area is 104 Å². The largest absolute Gasteiger partial charge is 0.467 e. The monoisotopic (exact) mass is 246 g/mol. The molecule has 2 aromatic rings. The summed E-state index contributed by atoms with van der Waals surface area (Å²) in [5.74, 6) is 0.857. The van der Waals surface area contributed by atoms with Crippen LogP contribution >= 0.6 is 0 Å². The van der Waals surface area contributed by atoms with Gasteiger partial charge in [-0.05, 0) is 25.0 Å². The van der Waals surface area contributed by atoms with Crippen molar-refractivity contribution in [2.45, 2.75) is 25.3 Å². The maximum Gasteiger partial charge on any atom is 0.274 e. The van der Waals surface area contributed by atoms with Crippen molar-refractivity contribution in [2.24, 2.45) is 0 Å². The van der Waals surface area contributed by atoms with E-state index in [0.29, 0.717) is 23.9 Å². The van der Waals surface area contributed by atoms with Gasteiger partial charge in [-0.3, -0.25) is 9.89 Å². The SMILES string of the molecule is Nc1c(C(=O)NCc2ccco2)n[nH]c1C1CC1. The molecule has 0 spiro atoms. The number of aromatic amines is 1. The molecular weight excluding hydrogens is 232 g/mol. The quantitative estimate of drug-likeness (QED) is 0.759. The van der Waals surface area contributed by atoms with Crippen LogP contribution in [0.3, 0.4) is 0 Å². The highest BCUT2D eigenvalue weighted by Gasteiger charge is 2.30. The molecule has 1 aliphatic carbocycles. The zero-order chi connectivity index (χ0) is 12.5. The molecule has 0 saturated heterocycles. The molecule has 1 saturated carbocycles. The summed E-state index contributed by atoms with van der Waals surface area (Å²) in [6, 6.07) is 3.57. The van der Waals surface area contributed by atoms with E-state index in [2.05, 4.69) is 15.5 Å². The standard InChI is InChI=1S/C12H14N4O2/c13-9-10(7-3-4-7)15-16-11(9)12(17)14-6-8-2-1-5-18-8/h1-2,5,7H,3-4,6,13H2,(H,14,17)(H,15,16). The number of rotatable bonds is 4. The highest BCUT2D eigenvalue weighted by molar-refractivity contribution is 5.97. The van der Waals surface area contributed by atoms with Gasteiger partial charge in [0.2, 0.25) is 0 Å². The first-order valence-electron chi connectivity index (χ1n) is 5.90. The molecule has 6 nitrogen and oxygen atoms in total. The Bertz CT molecular complexity index is 555. The Morgan fingerprint density at radius 2 is 2.44 bits per heavy atom. The third-order valence-electron chi connectivity index (χ3n) is 3.04. The normalized spacial score (nSPS) is 14.7. The minimum Gasteiger partial charge on any atom is -0.467 e. The van der Waals surface area contributed by atoms with E-state index >= 15 is 0 Å². The third kappa shape index (κ3) is 1.97. The van der Waals surface area contributed by atoms with E-state index in [1.165, 1.54) is 0 Å². The van der Waals surface area contributed by atoms with Crippen molar-refractivity contribution in [2.75, 3.05) is 5.73 Å². The summed E-state index contributed by atoms with van der Waals surface area (Å²) in [5.41, 5.74) is 7.54. The minimum atomic E-state index is -0.285. The van der Waals surface area contributed by atoms with Gasteiger partial charge in [0.25, 0.3) is 5.91 Å². The van der Waals surface area contributed by atoms with E-state index in [-0.39, 0.29) is 11.6 Å². The van der Waals surface area contributed by atoms with Crippen molar-refractivity contribution < 1.29 is 9.21 Å². The second-order valence-corrected chi connectivity index (χ2v) is 4.44. The average molecular weight is 246 g/mol. The fourth-order valence-corrected chi connectivity index (χ4v) is 1.88. The topological polar surface area (TPSA) is 96.9 Å². The lowest BCUT2D eigenvalue weighted by Crippen LogP contribution is -2.23. The summed E-state index contributed by atoms with van der Waals surface area (Å²) in [6.45, 7) is 0.330. The maximum atomic E-state index is 11.9. The smallest absolute Gasteiger partial charge is 0.274 e. The second-order valence-electron chi connectivity index (χ2n) is 4.44. The van der Waals surface area contributed by atoms with Gasteiger partial charge in [-0.15, -0.1) is 0 Å². The molecule has 4 N–H and O–H groups in total. The molecule has 3 rings (SSSR count). The predicted molar refractivity (Wildman–Crippen MR) is 64.9 cm³/mol. The van der Waals surface area contributed by atoms with Crippen LogP contribution < -0.4 is 11.1 Å². The van der Waals surface area contributed by atoms with Crippen LogP contribution in [0.4, 0.5) is 5.69 Å². The van der Waals surface area contributed by atoms with Crippen LogP contribution in [0.1, 0.15) is 40.7 Å². The number of hydrogen-bond donors (Lipinski definition) is 3. The zero-order valence-corrected chi connectivity index (χ0v) is 9.77. The number of nitrogen functional groups attached to an aromatic ring is 1. The van der Waals surface area contributed by atoms with Crippen molar-refractivity contribution in [1.29, 1.82) is 0 Å². The number of anilines is 1. The summed E-state index contributed by atoms with van der Waals surface area (Å²) in [5, 5.41) is 9.55. The lowest BCUT2D eigenvalue weighted by atomic mass is 10.2. The molecule has 0 unspecified atom stereocenters. The van der Waals surface area contributed by atoms with Crippen LogP contribution in [-0.4, -0.2) is 16.1 Å². The van der Waals surface area contributed by atoms with Crippen molar-refractivity contribution in [3.63, 3.8) is 0 Å². The summed E-state index contributed by atoms with van der Waals surface area (Å²) in [4.78, 5) is 11.9. The van der Waals surface area contributed by atoms with Crippen LogP contribution in [-0.2, 0) is 6.54 Å². The number of hydrogen-bond acceptors (Lipinski definition) is 4. The Morgan fingerprint density at radius 3 is 3.11 bits per heavy atom. The molecule has 0 radical (unpaired) electrons. The molecule has 2 aromatic heterocycles. The van der Waals surface area contributed by atoms with E-state index < -0.39 is 0 Å². The Morgan fingerprint density at radius 1 is 1.61 bits per heavy atom. The number of H-pyrrole nitrogens is 1. The molecule has 0 bridgehead atoms. The molecule has 1 aliphatic rings. The first kappa shape index (κ1) is 10.9. The number of aromatic nitrogens is 2. The molecule has 2 heterocycles. The highest BCUT2D eigenvalue weighted by Crippen LogP contribution is 2.42. The van der Waals surface area contributed by atoms with Gasteiger partial charge >= 0.3 is 0 Å². The molecule has 1 fully saturated rings. The number of furan rings is 1. The molecule has 0 aromatic carbocycles. The molecule has 0 atom stereocenters. The van der Waals surface area contributed by atoms with Crippen molar-refractivity contribution in [3.8, 4) is 0 Å². The number of carbonyl (C=O) groups excluding carboxylic acids is 1. The van der Waals surface area contributed by atoms with Crippen molar-refractivity contribution in [1.82, 2.24) is 15.5 Å². The highest BCUT2D eigenvalue weighted by atomic mass is 16.3. The van der Waals surface area contributed by atoms with E-state index in [9.17, 15) is 4.79 Å². The predicted octanol–water partition coefficient (Wildman–Crippen LogP) is 1.39. The summed E-state index contributed by atoms with van der Waals surface area (Å²) in [7, 11) is 0. The summed E-state index contributed by atoms with van der Waals surface area (Å²) >= 11 is 0. The van der Waals surface area contributed by atoms with Gasteiger partial charge < -0.3 is 15.5 Å². The Balaban J connectivity index is 1.68. The van der Waals surface area contributed by atoms with Gasteiger partial charge in [-0.1, -0.05) is 0 Å². The van der Waals surface area contributed by atoms with Crippen molar-refractivity contribution >= 4 is 11.6 Å². The Hall–Kier alpha value is -2.24. The van der Waals surface area contributed by atoms with Crippen LogP contribution in [0.2, 0.25) is 0 Å². The molecule has 94 valence electrons. The number of nitrogens with one attached hydrogen (secondary N) is 2. The minimum absolute atomic E-state index is 0.267. The van der Waals surface area contributed by atoms with Gasteiger partial charge in [0.15, 0.2) is 5.69 Å². The van der Waals surface area contributed by atoms with Crippen LogP contribution in [0.5, 0.6) is 0 Å². The van der Waals surface area contributed by atoms with Crippen LogP contribution in [0.25, 0.3) is 0 Å². The lowest BCUT2D eigenvalue weighted by Gasteiger charge is -2.01. The lowest BCUT2D eigenvalue weighted by molar-refractivity contribution is 0.0944. The zero-order valence-electron chi connectivity index (χ0n) is 9.77. The number of nitrogens with zero attached hydrogens (tertiary/aromatic N) is 1. The van der Waals surface area contributed by atoms with Crippen LogP contribution in [0, 0.1) is 0 Å². The van der Waals surface area contributed by atoms with E-state index in [0.717, 1.165) is 18.5 Å². The van der Waals surface area contributed by atoms with Gasteiger partial charge in [0.05, 0.1) is 24.2 Å². The van der Waals surface area contributed by atoms with E-state index in [4.69, 9.17) is 10.2 Å². The van der Waals surface area contributed by atoms with Crippen molar-refractivity contribution in [3.05, 3.63) is 35.5 Å². The Kier molecular flexibility index (Phi) is 2.55. The van der Waals surface area contributed by atoms with Crippen LogP contribution in [0.15, 0.2) is 22.8 Å². The van der Waals surface area contributed by atoms with Gasteiger partial charge in [-0.2, -0.15) is 5.10 Å². The average Bonchev–Trinajstić information content (AvgIpc) is 2.93. The van der Waals surface area contributed by atoms with E-state index in [1.807, 2.05) is 0 Å². The first-order valence-corrected chi connectivity index (χ1v) is 5.90. The van der Waals surface area contributed by atoms with Gasteiger partial charge in [0.1, 0.15) is 5.76 Å². The molecular formula is C12H14N4O2. The molecule has 18 heavy (non-hydrogen) atoms. The molecule has 6 heteroatoms.